The van der Waals surface area contributed by atoms with Crippen LogP contribution < -0.4 is 20.1 Å². The molecule has 1 atom stereocenters. The highest BCUT2D eigenvalue weighted by molar-refractivity contribution is 14.0. The van der Waals surface area contributed by atoms with Gasteiger partial charge in [-0.05, 0) is 55.8 Å². The van der Waals surface area contributed by atoms with E-state index in [1.807, 2.05) is 38.1 Å². The normalized spacial score (nSPS) is 13.5. The van der Waals surface area contributed by atoms with Crippen LogP contribution in [-0.4, -0.2) is 51.9 Å². The number of hydrogen-bond acceptors (Lipinski definition) is 4. The van der Waals surface area contributed by atoms with Crippen molar-refractivity contribution in [3.8, 4) is 5.75 Å². The number of nitrogens with one attached hydrogen (secondary N) is 3. The van der Waals surface area contributed by atoms with Gasteiger partial charge in [-0.2, -0.15) is 0 Å². The van der Waals surface area contributed by atoms with Gasteiger partial charge in [0.1, 0.15) is 11.9 Å². The van der Waals surface area contributed by atoms with E-state index < -0.39 is 15.6 Å². The molecule has 10 heteroatoms. The SMILES string of the molecule is CCNC(=NCC(C)(C)NS(C)(=O)=O)NCC(C)Oc1ccccc1Br.I. The van der Waals surface area contributed by atoms with E-state index in [9.17, 15) is 8.42 Å². The highest BCUT2D eigenvalue weighted by Crippen LogP contribution is 2.24. The van der Waals surface area contributed by atoms with Crippen LogP contribution in [0.4, 0.5) is 0 Å². The molecule has 0 bridgehead atoms. The Morgan fingerprint density at radius 2 is 1.93 bits per heavy atom. The Bertz CT molecular complexity index is 714. The molecule has 0 radical (unpaired) electrons. The first kappa shape index (κ1) is 26.4. The molecule has 0 saturated heterocycles. The van der Waals surface area contributed by atoms with E-state index >= 15 is 0 Å². The third kappa shape index (κ3) is 11.8. The Morgan fingerprint density at radius 1 is 1.30 bits per heavy atom. The lowest BCUT2D eigenvalue weighted by Gasteiger charge is -2.24. The molecule has 0 heterocycles. The highest BCUT2D eigenvalue weighted by atomic mass is 127. The molecule has 156 valence electrons. The Labute approximate surface area is 188 Å². The second kappa shape index (κ2) is 12.1. The molecular weight excluding hydrogens is 547 g/mol. The predicted octanol–water partition coefficient (Wildman–Crippen LogP) is 2.72. The van der Waals surface area contributed by atoms with Gasteiger partial charge in [0.25, 0.3) is 0 Å². The van der Waals surface area contributed by atoms with Crippen LogP contribution in [0.2, 0.25) is 0 Å². The van der Waals surface area contributed by atoms with Gasteiger partial charge in [-0.15, -0.1) is 24.0 Å². The van der Waals surface area contributed by atoms with Gasteiger partial charge in [-0.3, -0.25) is 4.99 Å². The summed E-state index contributed by atoms with van der Waals surface area (Å²) in [5, 5.41) is 6.36. The molecule has 7 nitrogen and oxygen atoms in total. The van der Waals surface area contributed by atoms with E-state index in [2.05, 4.69) is 36.3 Å². The molecule has 0 amide bonds. The highest BCUT2D eigenvalue weighted by Gasteiger charge is 2.22. The summed E-state index contributed by atoms with van der Waals surface area (Å²) in [5.74, 6) is 1.39. The number of guanidine groups is 1. The largest absolute Gasteiger partial charge is 0.488 e. The summed E-state index contributed by atoms with van der Waals surface area (Å²) >= 11 is 3.46. The molecule has 3 N–H and O–H groups in total. The van der Waals surface area contributed by atoms with Crippen LogP contribution in [0, 0.1) is 0 Å². The summed E-state index contributed by atoms with van der Waals surface area (Å²) in [4.78, 5) is 4.47. The fourth-order valence-electron chi connectivity index (χ4n) is 2.19. The van der Waals surface area contributed by atoms with E-state index in [1.165, 1.54) is 0 Å². The molecule has 0 saturated carbocycles. The quantitative estimate of drug-likeness (QED) is 0.239. The average molecular weight is 577 g/mol. The topological polar surface area (TPSA) is 91.8 Å². The molecule has 1 aromatic rings. The first-order chi connectivity index (χ1) is 12.0. The van der Waals surface area contributed by atoms with Crippen molar-refractivity contribution in [1.82, 2.24) is 15.4 Å². The summed E-state index contributed by atoms with van der Waals surface area (Å²) in [6.45, 7) is 9.07. The van der Waals surface area contributed by atoms with Crippen molar-refractivity contribution in [3.63, 3.8) is 0 Å². The van der Waals surface area contributed by atoms with Crippen molar-refractivity contribution < 1.29 is 13.2 Å². The zero-order chi connectivity index (χ0) is 19.8. The molecule has 27 heavy (non-hydrogen) atoms. The van der Waals surface area contributed by atoms with Crippen molar-refractivity contribution in [1.29, 1.82) is 0 Å². The van der Waals surface area contributed by atoms with Gasteiger partial charge in [-0.25, -0.2) is 13.1 Å². The lowest BCUT2D eigenvalue weighted by molar-refractivity contribution is 0.222. The number of para-hydroxylation sites is 1. The van der Waals surface area contributed by atoms with Gasteiger partial charge in [0, 0.05) is 12.1 Å². The predicted molar refractivity (Wildman–Crippen MR) is 126 cm³/mol. The minimum absolute atomic E-state index is 0. The Balaban J connectivity index is 0.00000676. The molecule has 1 aromatic carbocycles. The number of rotatable bonds is 9. The van der Waals surface area contributed by atoms with Crippen LogP contribution in [0.25, 0.3) is 0 Å². The van der Waals surface area contributed by atoms with E-state index in [0.29, 0.717) is 25.6 Å². The van der Waals surface area contributed by atoms with Gasteiger partial charge in [0.05, 0.1) is 23.8 Å². The second-order valence-electron chi connectivity index (χ2n) is 6.69. The van der Waals surface area contributed by atoms with E-state index in [-0.39, 0.29) is 30.1 Å². The zero-order valence-electron chi connectivity index (χ0n) is 16.4. The van der Waals surface area contributed by atoms with Crippen LogP contribution in [0.15, 0.2) is 33.7 Å². The number of nitrogens with zero attached hydrogens (tertiary/aromatic N) is 1. The van der Waals surface area contributed by atoms with Crippen molar-refractivity contribution in [2.75, 3.05) is 25.9 Å². The molecule has 0 aliphatic heterocycles. The number of benzene rings is 1. The number of halogens is 2. The molecule has 0 aliphatic rings. The standard InChI is InChI=1S/C17H29BrN4O3S.HI/c1-6-19-16(21-12-17(3,4)22-26(5,23)24)20-11-13(2)25-15-10-8-7-9-14(15)18;/h7-10,13,22H,6,11-12H2,1-5H3,(H2,19,20,21);1H. The Hall–Kier alpha value is -0.590. The summed E-state index contributed by atoms with van der Waals surface area (Å²) in [5.41, 5.74) is -0.674. The third-order valence-corrected chi connectivity index (χ3v) is 4.74. The summed E-state index contributed by atoms with van der Waals surface area (Å²) in [6.07, 6.45) is 1.06. The monoisotopic (exact) mass is 576 g/mol. The van der Waals surface area contributed by atoms with Crippen molar-refractivity contribution in [2.45, 2.75) is 39.3 Å². The number of ether oxygens (including phenoxy) is 1. The van der Waals surface area contributed by atoms with Crippen LogP contribution in [0.3, 0.4) is 0 Å². The molecule has 1 unspecified atom stereocenters. The van der Waals surface area contributed by atoms with E-state index in [0.717, 1.165) is 16.5 Å². The molecule has 0 aromatic heterocycles. The Morgan fingerprint density at radius 3 is 2.48 bits per heavy atom. The molecular formula is C17H30BrIN4O3S. The molecule has 0 aliphatic carbocycles. The van der Waals surface area contributed by atoms with Gasteiger partial charge in [0.15, 0.2) is 5.96 Å². The smallest absolute Gasteiger partial charge is 0.209 e. The maximum atomic E-state index is 11.4. The summed E-state index contributed by atoms with van der Waals surface area (Å²) < 4.78 is 32.2. The zero-order valence-corrected chi connectivity index (χ0v) is 21.1. The Kier molecular flexibility index (Phi) is 11.8. The van der Waals surface area contributed by atoms with Crippen molar-refractivity contribution >= 4 is 55.9 Å². The van der Waals surface area contributed by atoms with E-state index in [4.69, 9.17) is 4.74 Å². The summed E-state index contributed by atoms with van der Waals surface area (Å²) in [7, 11) is -3.29. The lowest BCUT2D eigenvalue weighted by atomic mass is 10.1. The fourth-order valence-corrected chi connectivity index (χ4v) is 3.64. The van der Waals surface area contributed by atoms with Gasteiger partial charge in [-0.1, -0.05) is 12.1 Å². The van der Waals surface area contributed by atoms with Crippen LogP contribution in [0.5, 0.6) is 5.75 Å². The first-order valence-electron chi connectivity index (χ1n) is 8.45. The summed E-state index contributed by atoms with van der Waals surface area (Å²) in [6, 6.07) is 7.68. The van der Waals surface area contributed by atoms with Crippen molar-refractivity contribution in [3.05, 3.63) is 28.7 Å². The first-order valence-corrected chi connectivity index (χ1v) is 11.1. The maximum Gasteiger partial charge on any atom is 0.209 e. The number of hydrogen-bond donors (Lipinski definition) is 3. The minimum Gasteiger partial charge on any atom is -0.488 e. The molecule has 0 spiro atoms. The van der Waals surface area contributed by atoms with E-state index in [1.54, 1.807) is 13.8 Å². The second-order valence-corrected chi connectivity index (χ2v) is 9.30. The number of aliphatic imine (C=N–C) groups is 1. The lowest BCUT2D eigenvalue weighted by Crippen LogP contribution is -2.47. The minimum atomic E-state index is -3.29. The van der Waals surface area contributed by atoms with Crippen LogP contribution >= 0.6 is 39.9 Å². The molecule has 0 fully saturated rings. The average Bonchev–Trinajstić information content (AvgIpc) is 2.50. The van der Waals surface area contributed by atoms with Gasteiger partial charge in [0.2, 0.25) is 10.0 Å². The third-order valence-electron chi connectivity index (χ3n) is 3.16. The van der Waals surface area contributed by atoms with Crippen LogP contribution in [0.1, 0.15) is 27.7 Å². The fraction of sp³-hybridized carbons (Fsp3) is 0.588. The van der Waals surface area contributed by atoms with Crippen molar-refractivity contribution in [2.24, 2.45) is 4.99 Å². The number of sulfonamides is 1. The maximum absolute atomic E-state index is 11.4. The molecule has 1 rings (SSSR count). The van der Waals surface area contributed by atoms with Crippen LogP contribution in [-0.2, 0) is 10.0 Å². The van der Waals surface area contributed by atoms with Gasteiger partial charge < -0.3 is 15.4 Å². The van der Waals surface area contributed by atoms with Gasteiger partial charge >= 0.3 is 0 Å².